The summed E-state index contributed by atoms with van der Waals surface area (Å²) in [4.78, 5) is 0. The Morgan fingerprint density at radius 3 is 1.59 bits per heavy atom. The highest BCUT2D eigenvalue weighted by molar-refractivity contribution is 6.22. The van der Waals surface area contributed by atoms with Crippen LogP contribution in [0.3, 0.4) is 0 Å². The van der Waals surface area contributed by atoms with Crippen LogP contribution in [0.4, 0.5) is 0 Å². The molecule has 0 spiro atoms. The minimum absolute atomic E-state index is 0.133. The van der Waals surface area contributed by atoms with E-state index in [1.54, 1.807) is 0 Å². The number of aromatic nitrogens is 3. The van der Waals surface area contributed by atoms with Gasteiger partial charge in [0.05, 0.1) is 0 Å². The van der Waals surface area contributed by atoms with Gasteiger partial charge in [-0.1, -0.05) is 172 Å². The third-order valence-corrected chi connectivity index (χ3v) is 11.9. The van der Waals surface area contributed by atoms with Crippen molar-refractivity contribution in [1.82, 2.24) is 14.8 Å². The van der Waals surface area contributed by atoms with E-state index in [9.17, 15) is 0 Å². The first-order chi connectivity index (χ1) is 27.5. The van der Waals surface area contributed by atoms with Gasteiger partial charge in [-0.2, -0.15) is 0 Å². The van der Waals surface area contributed by atoms with Gasteiger partial charge in [0.25, 0.3) is 0 Å². The van der Waals surface area contributed by atoms with Gasteiger partial charge < -0.3 is 0 Å². The van der Waals surface area contributed by atoms with E-state index < -0.39 is 0 Å². The Hall–Kier alpha value is -7.10. The zero-order valence-corrected chi connectivity index (χ0v) is 31.2. The zero-order chi connectivity index (χ0) is 37.4. The largest absolute Gasteiger partial charge is 0.275 e. The summed E-state index contributed by atoms with van der Waals surface area (Å²) in [6, 6.07) is 68.2. The molecule has 0 saturated heterocycles. The van der Waals surface area contributed by atoms with E-state index in [4.69, 9.17) is 10.2 Å². The Bertz CT molecular complexity index is 3080. The summed E-state index contributed by atoms with van der Waals surface area (Å²) in [7, 11) is 0. The standard InChI is InChI=1S/C53H37N3/c1-53(2)47-24-14-13-21-41(47)44-32-45-46(33-48(44)53)49(42-22-11-12-23-43(42)50(45)39-26-25-34-15-9-10-20-38(34)31-39)35-27-29-40(30-28-35)56-51(36-16-5-3-6-17-36)54-55-52(56)37-18-7-4-8-19-37/h3-33H,1-2H3. The first-order valence-corrected chi connectivity index (χ1v) is 19.3. The van der Waals surface area contributed by atoms with Gasteiger partial charge in [0.15, 0.2) is 11.6 Å². The van der Waals surface area contributed by atoms with Crippen LogP contribution >= 0.6 is 0 Å². The molecule has 0 atom stereocenters. The Balaban J connectivity index is 1.18. The van der Waals surface area contributed by atoms with Gasteiger partial charge in [-0.25, -0.2) is 0 Å². The topological polar surface area (TPSA) is 30.7 Å². The van der Waals surface area contributed by atoms with Crippen LogP contribution in [-0.2, 0) is 5.41 Å². The van der Waals surface area contributed by atoms with Crippen molar-refractivity contribution in [3.05, 3.63) is 199 Å². The molecule has 1 aliphatic rings. The Kier molecular flexibility index (Phi) is 7.20. The van der Waals surface area contributed by atoms with Crippen LogP contribution in [0.1, 0.15) is 25.0 Å². The van der Waals surface area contributed by atoms with Crippen LogP contribution < -0.4 is 0 Å². The molecule has 3 heteroatoms. The molecule has 0 fully saturated rings. The van der Waals surface area contributed by atoms with Crippen molar-refractivity contribution in [2.45, 2.75) is 19.3 Å². The van der Waals surface area contributed by atoms with E-state index in [-0.39, 0.29) is 5.41 Å². The Morgan fingerprint density at radius 2 is 0.911 bits per heavy atom. The smallest absolute Gasteiger partial charge is 0.168 e. The van der Waals surface area contributed by atoms with Crippen molar-refractivity contribution in [1.29, 1.82) is 0 Å². The average Bonchev–Trinajstić information content (AvgIpc) is 3.79. The van der Waals surface area contributed by atoms with E-state index >= 15 is 0 Å². The number of hydrogen-bond acceptors (Lipinski definition) is 2. The van der Waals surface area contributed by atoms with Crippen LogP contribution in [0.5, 0.6) is 0 Å². The maximum Gasteiger partial charge on any atom is 0.168 e. The molecule has 0 saturated carbocycles. The van der Waals surface area contributed by atoms with Gasteiger partial charge in [0.1, 0.15) is 0 Å². The predicted molar refractivity (Wildman–Crippen MR) is 233 cm³/mol. The van der Waals surface area contributed by atoms with E-state index in [2.05, 4.69) is 170 Å². The van der Waals surface area contributed by atoms with Crippen molar-refractivity contribution >= 4 is 32.3 Å². The van der Waals surface area contributed by atoms with Crippen molar-refractivity contribution in [2.75, 3.05) is 0 Å². The number of nitrogens with zero attached hydrogens (tertiary/aromatic N) is 3. The zero-order valence-electron chi connectivity index (χ0n) is 31.2. The lowest BCUT2D eigenvalue weighted by molar-refractivity contribution is 0.661. The highest BCUT2D eigenvalue weighted by atomic mass is 15.3. The number of rotatable bonds is 5. The summed E-state index contributed by atoms with van der Waals surface area (Å²) < 4.78 is 2.18. The quantitative estimate of drug-likeness (QED) is 0.166. The Labute approximate surface area is 326 Å². The number of hydrogen-bond donors (Lipinski definition) is 0. The fourth-order valence-corrected chi connectivity index (χ4v) is 9.19. The molecule has 1 aliphatic carbocycles. The Morgan fingerprint density at radius 1 is 0.375 bits per heavy atom. The molecule has 0 aliphatic heterocycles. The molecule has 56 heavy (non-hydrogen) atoms. The highest BCUT2D eigenvalue weighted by Gasteiger charge is 2.36. The molecule has 1 heterocycles. The summed E-state index contributed by atoms with van der Waals surface area (Å²) in [6.45, 7) is 4.74. The molecule has 0 N–H and O–H groups in total. The predicted octanol–water partition coefficient (Wildman–Crippen LogP) is 13.7. The van der Waals surface area contributed by atoms with E-state index in [1.807, 2.05) is 36.4 Å². The molecule has 1 aromatic heterocycles. The highest BCUT2D eigenvalue weighted by Crippen LogP contribution is 2.53. The summed E-state index contributed by atoms with van der Waals surface area (Å²) in [5.74, 6) is 1.62. The molecule has 3 nitrogen and oxygen atoms in total. The van der Waals surface area contributed by atoms with Crippen LogP contribution in [0.25, 0.3) is 94.2 Å². The normalized spacial score (nSPS) is 13.0. The van der Waals surface area contributed by atoms with Crippen LogP contribution in [0.2, 0.25) is 0 Å². The van der Waals surface area contributed by atoms with E-state index in [0.717, 1.165) is 28.5 Å². The molecule has 10 aromatic rings. The SMILES string of the molecule is CC1(C)c2ccccc2-c2cc3c(-c4ccc5ccccc5c4)c4ccccc4c(-c4ccc(-n5c(-c6ccccc6)nnc5-c5ccccc5)cc4)c3cc21. The molecule has 0 unspecified atom stereocenters. The lowest BCUT2D eigenvalue weighted by atomic mass is 9.79. The summed E-state index contributed by atoms with van der Waals surface area (Å²) in [5.41, 5.74) is 13.2. The molecule has 0 bridgehead atoms. The molecule has 0 radical (unpaired) electrons. The molecule has 264 valence electrons. The minimum atomic E-state index is -0.133. The van der Waals surface area contributed by atoms with Gasteiger partial charge in [-0.05, 0) is 107 Å². The second-order valence-corrected chi connectivity index (χ2v) is 15.4. The first-order valence-electron chi connectivity index (χ1n) is 19.3. The van der Waals surface area contributed by atoms with Crippen LogP contribution in [-0.4, -0.2) is 14.8 Å². The average molecular weight is 716 g/mol. The molecule has 9 aromatic carbocycles. The van der Waals surface area contributed by atoms with E-state index in [0.29, 0.717) is 0 Å². The van der Waals surface area contributed by atoms with Gasteiger partial charge in [-0.3, -0.25) is 4.57 Å². The monoisotopic (exact) mass is 715 g/mol. The van der Waals surface area contributed by atoms with Crippen LogP contribution in [0, 0.1) is 0 Å². The number of fused-ring (bicyclic) bond motifs is 6. The summed E-state index contributed by atoms with van der Waals surface area (Å²) in [6.07, 6.45) is 0. The van der Waals surface area contributed by atoms with Gasteiger partial charge >= 0.3 is 0 Å². The maximum absolute atomic E-state index is 4.74. The van der Waals surface area contributed by atoms with Crippen molar-refractivity contribution < 1.29 is 0 Å². The fraction of sp³-hybridized carbons (Fsp3) is 0.0566. The molecular weight excluding hydrogens is 679 g/mol. The van der Waals surface area contributed by atoms with Crippen molar-refractivity contribution in [3.63, 3.8) is 0 Å². The van der Waals surface area contributed by atoms with E-state index in [1.165, 1.54) is 76.8 Å². The second kappa shape index (κ2) is 12.5. The van der Waals surface area contributed by atoms with Crippen LogP contribution in [0.15, 0.2) is 188 Å². The fourth-order valence-electron chi connectivity index (χ4n) is 9.19. The maximum atomic E-state index is 4.74. The summed E-state index contributed by atoms with van der Waals surface area (Å²) in [5, 5.41) is 17.0. The molecular formula is C53H37N3. The van der Waals surface area contributed by atoms with Crippen molar-refractivity contribution in [2.24, 2.45) is 0 Å². The summed E-state index contributed by atoms with van der Waals surface area (Å²) >= 11 is 0. The lowest BCUT2D eigenvalue weighted by Gasteiger charge is -2.24. The van der Waals surface area contributed by atoms with Gasteiger partial charge in [-0.15, -0.1) is 10.2 Å². The lowest BCUT2D eigenvalue weighted by Crippen LogP contribution is -2.14. The third-order valence-electron chi connectivity index (χ3n) is 11.9. The first kappa shape index (κ1) is 32.3. The van der Waals surface area contributed by atoms with Gasteiger partial charge in [0.2, 0.25) is 0 Å². The van der Waals surface area contributed by atoms with Gasteiger partial charge in [0, 0.05) is 22.2 Å². The third kappa shape index (κ3) is 4.91. The number of benzene rings is 9. The molecule has 0 amide bonds. The van der Waals surface area contributed by atoms with Crippen molar-refractivity contribution in [3.8, 4) is 61.8 Å². The molecule has 11 rings (SSSR count). The second-order valence-electron chi connectivity index (χ2n) is 15.4. The minimum Gasteiger partial charge on any atom is -0.275 e.